The summed E-state index contributed by atoms with van der Waals surface area (Å²) in [5.74, 6) is -24.8. The van der Waals surface area contributed by atoms with E-state index in [1.165, 1.54) is 0 Å². The van der Waals surface area contributed by atoms with Crippen molar-refractivity contribution in [1.82, 2.24) is 0 Å². The fourth-order valence-corrected chi connectivity index (χ4v) is 1.56. The summed E-state index contributed by atoms with van der Waals surface area (Å²) in [5.41, 5.74) is -3.37. The molecule has 0 aliphatic rings. The fraction of sp³-hybridized carbons (Fsp3) is 0.417. The van der Waals surface area contributed by atoms with Gasteiger partial charge < -0.3 is 5.32 Å². The van der Waals surface area contributed by atoms with Gasteiger partial charge in [0, 0.05) is 0 Å². The average Bonchev–Trinajstić information content (AvgIpc) is 2.44. The molecule has 1 rings (SSSR count). The molecule has 14 heteroatoms. The molecule has 0 aromatic heterocycles. The first-order valence-electron chi connectivity index (χ1n) is 6.05. The zero-order chi connectivity index (χ0) is 20.8. The predicted molar refractivity (Wildman–Crippen MR) is 61.0 cm³/mol. The Hall–Kier alpha value is -2.15. The van der Waals surface area contributed by atoms with Gasteiger partial charge in [0.25, 0.3) is 0 Å². The quantitative estimate of drug-likeness (QED) is 0.691. The van der Waals surface area contributed by atoms with Gasteiger partial charge in [-0.1, -0.05) is 12.1 Å². The lowest BCUT2D eigenvalue weighted by atomic mass is 10.0. The third-order valence-corrected chi connectivity index (χ3v) is 2.91. The van der Waals surface area contributed by atoms with Crippen LogP contribution in [-0.2, 0) is 11.0 Å². The Kier molecular flexibility index (Phi) is 5.24. The van der Waals surface area contributed by atoms with Crippen LogP contribution in [0, 0.1) is 0 Å². The van der Waals surface area contributed by atoms with E-state index in [0.29, 0.717) is 17.4 Å². The van der Waals surface area contributed by atoms with Crippen molar-refractivity contribution in [2.45, 2.75) is 30.1 Å². The zero-order valence-corrected chi connectivity index (χ0v) is 11.8. The minimum absolute atomic E-state index is 0.218. The lowest BCUT2D eigenvalue weighted by Gasteiger charge is -2.32. The number of halogens is 12. The maximum atomic E-state index is 13.3. The molecular weight excluding hydrogens is 402 g/mol. The van der Waals surface area contributed by atoms with E-state index < -0.39 is 47.3 Å². The largest absolute Gasteiger partial charge is 0.460 e. The molecular formula is C12H5F12NO. The van der Waals surface area contributed by atoms with Gasteiger partial charge in [0.1, 0.15) is 0 Å². The fourth-order valence-electron chi connectivity index (χ4n) is 1.56. The highest BCUT2D eigenvalue weighted by molar-refractivity contribution is 5.97. The molecule has 1 amide bonds. The number of hydrogen-bond acceptors (Lipinski definition) is 1. The first-order chi connectivity index (χ1) is 11.4. The number of carbonyl (C=O) groups excluding carboxylic acids is 1. The van der Waals surface area contributed by atoms with Crippen molar-refractivity contribution < 1.29 is 57.5 Å². The third-order valence-electron chi connectivity index (χ3n) is 2.91. The second-order valence-electron chi connectivity index (χ2n) is 4.72. The van der Waals surface area contributed by atoms with Gasteiger partial charge in [-0.3, -0.25) is 4.79 Å². The lowest BCUT2D eigenvalue weighted by Crippen LogP contribution is -2.64. The molecule has 0 spiro atoms. The zero-order valence-electron chi connectivity index (χ0n) is 11.8. The lowest BCUT2D eigenvalue weighted by molar-refractivity contribution is -0.388. The van der Waals surface area contributed by atoms with E-state index >= 15 is 0 Å². The topological polar surface area (TPSA) is 29.1 Å². The summed E-state index contributed by atoms with van der Waals surface area (Å²) >= 11 is 0. The second kappa shape index (κ2) is 6.23. The molecule has 2 nitrogen and oxygen atoms in total. The van der Waals surface area contributed by atoms with Crippen LogP contribution in [0.2, 0.25) is 0 Å². The molecule has 0 saturated heterocycles. The molecule has 0 fully saturated rings. The number of nitrogens with one attached hydrogen (secondary N) is 1. The third kappa shape index (κ3) is 3.53. The number of hydrogen-bond donors (Lipinski definition) is 1. The highest BCUT2D eigenvalue weighted by Crippen LogP contribution is 2.53. The summed E-state index contributed by atoms with van der Waals surface area (Å²) in [6, 6.07) is 1.96. The number of para-hydroxylation sites is 1. The normalized spacial score (nSPS) is 14.3. The Bertz CT molecular complexity index is 676. The van der Waals surface area contributed by atoms with Crippen LogP contribution >= 0.6 is 0 Å². The van der Waals surface area contributed by atoms with Crippen LogP contribution in [0.25, 0.3) is 0 Å². The van der Waals surface area contributed by atoms with Crippen LogP contribution in [0.3, 0.4) is 0 Å². The maximum absolute atomic E-state index is 13.3. The molecule has 1 N–H and O–H groups in total. The van der Waals surface area contributed by atoms with Crippen LogP contribution in [0.1, 0.15) is 5.56 Å². The van der Waals surface area contributed by atoms with Crippen molar-refractivity contribution in [2.24, 2.45) is 0 Å². The molecule has 0 unspecified atom stereocenters. The standard InChI is InChI=1S/C12H5F12NO/c13-8(14,10(18,19)11(20,21)12(22,23)24)7(26)25-6-4-2-1-3-5(6)9(15,16)17/h1-4H,(H,25,26). The monoisotopic (exact) mass is 407 g/mol. The summed E-state index contributed by atoms with van der Waals surface area (Å²) in [4.78, 5) is 11.1. The van der Waals surface area contributed by atoms with E-state index in [4.69, 9.17) is 0 Å². The van der Waals surface area contributed by atoms with Gasteiger partial charge in [-0.05, 0) is 12.1 Å². The Morgan fingerprint density at radius 2 is 1.19 bits per heavy atom. The van der Waals surface area contributed by atoms with E-state index in [-0.39, 0.29) is 6.07 Å². The van der Waals surface area contributed by atoms with Crippen molar-refractivity contribution in [1.29, 1.82) is 0 Å². The van der Waals surface area contributed by atoms with E-state index in [1.807, 2.05) is 0 Å². The molecule has 0 radical (unpaired) electrons. The number of amides is 1. The summed E-state index contributed by atoms with van der Waals surface area (Å²) < 4.78 is 152. The highest BCUT2D eigenvalue weighted by Gasteiger charge is 2.83. The van der Waals surface area contributed by atoms with Crippen LogP contribution in [-0.4, -0.2) is 29.9 Å². The van der Waals surface area contributed by atoms with Crippen molar-refractivity contribution in [2.75, 3.05) is 5.32 Å². The van der Waals surface area contributed by atoms with E-state index in [0.717, 1.165) is 6.07 Å². The SMILES string of the molecule is O=C(Nc1ccccc1C(F)(F)F)C(F)(F)C(F)(F)C(F)(F)C(F)(F)F. The molecule has 0 atom stereocenters. The molecule has 0 heterocycles. The number of alkyl halides is 12. The minimum atomic E-state index is -7.34. The Balaban J connectivity index is 3.30. The predicted octanol–water partition coefficient (Wildman–Crippen LogP) is 5.11. The summed E-state index contributed by atoms with van der Waals surface area (Å²) in [5, 5.41) is 0.597. The van der Waals surface area contributed by atoms with Crippen LogP contribution in [0.15, 0.2) is 24.3 Å². The summed E-state index contributed by atoms with van der Waals surface area (Å²) in [6.07, 6.45) is -12.4. The Labute approximate surface area is 135 Å². The van der Waals surface area contributed by atoms with Gasteiger partial charge in [-0.25, -0.2) is 0 Å². The van der Waals surface area contributed by atoms with Crippen molar-refractivity contribution in [3.63, 3.8) is 0 Å². The van der Waals surface area contributed by atoms with Gasteiger partial charge in [-0.15, -0.1) is 0 Å². The van der Waals surface area contributed by atoms with Gasteiger partial charge in [-0.2, -0.15) is 52.7 Å². The molecule has 0 aliphatic heterocycles. The molecule has 0 bridgehead atoms. The van der Waals surface area contributed by atoms with Crippen molar-refractivity contribution in [3.8, 4) is 0 Å². The van der Waals surface area contributed by atoms with Gasteiger partial charge >= 0.3 is 36.0 Å². The van der Waals surface area contributed by atoms with Crippen LogP contribution in [0.5, 0.6) is 0 Å². The number of carbonyl (C=O) groups is 1. The summed E-state index contributed by atoms with van der Waals surface area (Å²) in [6.45, 7) is 0. The van der Waals surface area contributed by atoms with Gasteiger partial charge in [0.15, 0.2) is 0 Å². The van der Waals surface area contributed by atoms with Gasteiger partial charge in [0.05, 0.1) is 11.3 Å². The minimum Gasteiger partial charge on any atom is -0.320 e. The average molecular weight is 407 g/mol. The van der Waals surface area contributed by atoms with Gasteiger partial charge in [0.2, 0.25) is 0 Å². The molecule has 0 aliphatic carbocycles. The second-order valence-corrected chi connectivity index (χ2v) is 4.72. The molecule has 148 valence electrons. The smallest absolute Gasteiger partial charge is 0.320 e. The highest BCUT2D eigenvalue weighted by atomic mass is 19.4. The summed E-state index contributed by atoms with van der Waals surface area (Å²) in [7, 11) is 0. The molecule has 1 aromatic rings. The van der Waals surface area contributed by atoms with E-state index in [2.05, 4.69) is 0 Å². The van der Waals surface area contributed by atoms with E-state index in [9.17, 15) is 57.5 Å². The van der Waals surface area contributed by atoms with Crippen molar-refractivity contribution in [3.05, 3.63) is 29.8 Å². The maximum Gasteiger partial charge on any atom is 0.460 e. The Morgan fingerprint density at radius 3 is 1.62 bits per heavy atom. The number of rotatable bonds is 4. The first-order valence-corrected chi connectivity index (χ1v) is 6.05. The van der Waals surface area contributed by atoms with Crippen LogP contribution in [0.4, 0.5) is 58.4 Å². The number of anilines is 1. The molecule has 1 aromatic carbocycles. The van der Waals surface area contributed by atoms with E-state index in [1.54, 1.807) is 0 Å². The molecule has 0 saturated carbocycles. The van der Waals surface area contributed by atoms with Crippen LogP contribution < -0.4 is 5.32 Å². The Morgan fingerprint density at radius 1 is 0.731 bits per heavy atom. The molecule has 26 heavy (non-hydrogen) atoms. The van der Waals surface area contributed by atoms with Crippen molar-refractivity contribution >= 4 is 11.6 Å². The first kappa shape index (κ1) is 21.9. The number of benzene rings is 1.